The highest BCUT2D eigenvalue weighted by atomic mass is 16.3. The van der Waals surface area contributed by atoms with E-state index in [0.29, 0.717) is 5.69 Å². The van der Waals surface area contributed by atoms with Crippen LogP contribution < -0.4 is 10.6 Å². The van der Waals surface area contributed by atoms with Crippen LogP contribution in [0.15, 0.2) is 48.7 Å². The molecule has 0 heterocycles. The van der Waals surface area contributed by atoms with Crippen molar-refractivity contribution in [2.24, 2.45) is 0 Å². The lowest BCUT2D eigenvalue weighted by atomic mass is 10.1. The van der Waals surface area contributed by atoms with Crippen molar-refractivity contribution in [2.75, 3.05) is 5.32 Å². The van der Waals surface area contributed by atoms with Crippen molar-refractivity contribution < 1.29 is 9.90 Å². The second-order valence-corrected chi connectivity index (χ2v) is 4.86. The first-order valence-corrected chi connectivity index (χ1v) is 6.65. The normalized spacial score (nSPS) is 10.6. The third-order valence-electron chi connectivity index (χ3n) is 2.97. The summed E-state index contributed by atoms with van der Waals surface area (Å²) in [5, 5.41) is 14.8. The average Bonchev–Trinajstić information content (AvgIpc) is 2.45. The monoisotopic (exact) mass is 282 g/mol. The fourth-order valence-corrected chi connectivity index (χ4v) is 1.80. The number of rotatable bonds is 3. The Balaban J connectivity index is 1.93. The fraction of sp³-hybridized carbons (Fsp3) is 0.118. The first-order chi connectivity index (χ1) is 10.0. The smallest absolute Gasteiger partial charge is 0.323 e. The van der Waals surface area contributed by atoms with Crippen LogP contribution in [0.4, 0.5) is 10.5 Å². The van der Waals surface area contributed by atoms with Crippen molar-refractivity contribution in [1.82, 2.24) is 5.32 Å². The van der Waals surface area contributed by atoms with Gasteiger partial charge in [0.05, 0.1) is 5.69 Å². The molecule has 0 atom stereocenters. The Morgan fingerprint density at radius 1 is 1.05 bits per heavy atom. The summed E-state index contributed by atoms with van der Waals surface area (Å²) in [6, 6.07) is 12.6. The lowest BCUT2D eigenvalue weighted by Crippen LogP contribution is -2.23. The molecule has 2 aromatic carbocycles. The Morgan fingerprint density at radius 2 is 1.71 bits per heavy atom. The maximum absolute atomic E-state index is 11.7. The molecule has 3 N–H and O–H groups in total. The first kappa shape index (κ1) is 14.7. The summed E-state index contributed by atoms with van der Waals surface area (Å²) in [7, 11) is 0. The molecule has 0 unspecified atom stereocenters. The van der Waals surface area contributed by atoms with Gasteiger partial charge in [-0.15, -0.1) is 0 Å². The van der Waals surface area contributed by atoms with Crippen LogP contribution in [-0.2, 0) is 0 Å². The summed E-state index contributed by atoms with van der Waals surface area (Å²) in [4.78, 5) is 11.7. The third-order valence-corrected chi connectivity index (χ3v) is 2.97. The lowest BCUT2D eigenvalue weighted by Gasteiger charge is -2.07. The number of amides is 2. The molecule has 0 bridgehead atoms. The standard InChI is InChI=1S/C17H18N2O2/c1-12-3-6-14(7-4-12)9-10-18-17(21)19-15-11-13(2)5-8-16(15)20/h3-11,20H,1-2H3,(H2,18,19,21)/b10-9+. The highest BCUT2D eigenvalue weighted by Crippen LogP contribution is 2.23. The van der Waals surface area contributed by atoms with Crippen LogP contribution in [0, 0.1) is 13.8 Å². The van der Waals surface area contributed by atoms with E-state index in [4.69, 9.17) is 0 Å². The van der Waals surface area contributed by atoms with Gasteiger partial charge >= 0.3 is 6.03 Å². The van der Waals surface area contributed by atoms with Crippen LogP contribution in [-0.4, -0.2) is 11.1 Å². The number of carbonyl (C=O) groups is 1. The summed E-state index contributed by atoms with van der Waals surface area (Å²) >= 11 is 0. The molecule has 2 rings (SSSR count). The van der Waals surface area contributed by atoms with Crippen molar-refractivity contribution in [3.05, 3.63) is 65.4 Å². The molecule has 0 aliphatic rings. The number of carbonyl (C=O) groups excluding carboxylic acids is 1. The maximum atomic E-state index is 11.7. The molecular formula is C17H18N2O2. The zero-order valence-corrected chi connectivity index (χ0v) is 12.1. The van der Waals surface area contributed by atoms with E-state index in [-0.39, 0.29) is 5.75 Å². The molecule has 2 amide bonds. The van der Waals surface area contributed by atoms with Gasteiger partial charge < -0.3 is 15.7 Å². The molecule has 0 fully saturated rings. The number of hydrogen-bond donors (Lipinski definition) is 3. The predicted molar refractivity (Wildman–Crippen MR) is 85.2 cm³/mol. The number of aryl methyl sites for hydroxylation is 2. The molecule has 2 aromatic rings. The summed E-state index contributed by atoms with van der Waals surface area (Å²) in [6.45, 7) is 3.91. The Kier molecular flexibility index (Phi) is 4.61. The van der Waals surface area contributed by atoms with E-state index >= 15 is 0 Å². The fourth-order valence-electron chi connectivity index (χ4n) is 1.80. The minimum Gasteiger partial charge on any atom is -0.506 e. The van der Waals surface area contributed by atoms with Gasteiger partial charge in [-0.3, -0.25) is 0 Å². The zero-order valence-electron chi connectivity index (χ0n) is 12.1. The van der Waals surface area contributed by atoms with E-state index in [1.807, 2.05) is 38.1 Å². The number of aromatic hydroxyl groups is 1. The van der Waals surface area contributed by atoms with Crippen molar-refractivity contribution in [1.29, 1.82) is 0 Å². The Morgan fingerprint density at radius 3 is 2.43 bits per heavy atom. The second kappa shape index (κ2) is 6.61. The molecule has 4 heteroatoms. The van der Waals surface area contributed by atoms with Gasteiger partial charge in [0.25, 0.3) is 0 Å². The summed E-state index contributed by atoms with van der Waals surface area (Å²) < 4.78 is 0. The van der Waals surface area contributed by atoms with Gasteiger partial charge in [0.15, 0.2) is 0 Å². The number of phenolic OH excluding ortho intramolecular Hbond substituents is 1. The second-order valence-electron chi connectivity index (χ2n) is 4.86. The minimum atomic E-state index is -0.403. The van der Waals surface area contributed by atoms with Gasteiger partial charge in [0, 0.05) is 6.20 Å². The number of hydrogen-bond acceptors (Lipinski definition) is 2. The van der Waals surface area contributed by atoms with E-state index in [1.54, 1.807) is 30.5 Å². The molecule has 0 saturated heterocycles. The Bertz CT molecular complexity index is 661. The Hall–Kier alpha value is -2.75. The molecule has 0 aliphatic heterocycles. The lowest BCUT2D eigenvalue weighted by molar-refractivity contribution is 0.255. The molecule has 21 heavy (non-hydrogen) atoms. The van der Waals surface area contributed by atoms with Crippen molar-refractivity contribution >= 4 is 17.8 Å². The minimum absolute atomic E-state index is 0.0401. The number of phenols is 1. The molecule has 0 spiro atoms. The molecule has 108 valence electrons. The maximum Gasteiger partial charge on any atom is 0.323 e. The number of benzene rings is 2. The summed E-state index contributed by atoms with van der Waals surface area (Å²) in [6.07, 6.45) is 3.36. The van der Waals surface area contributed by atoms with Crippen molar-refractivity contribution in [3.8, 4) is 5.75 Å². The van der Waals surface area contributed by atoms with Gasteiger partial charge in [-0.1, -0.05) is 35.9 Å². The van der Waals surface area contributed by atoms with Crippen LogP contribution in [0.5, 0.6) is 5.75 Å². The topological polar surface area (TPSA) is 61.4 Å². The van der Waals surface area contributed by atoms with Gasteiger partial charge in [-0.05, 0) is 43.2 Å². The van der Waals surface area contributed by atoms with E-state index < -0.39 is 6.03 Å². The van der Waals surface area contributed by atoms with Crippen molar-refractivity contribution in [2.45, 2.75) is 13.8 Å². The molecular weight excluding hydrogens is 264 g/mol. The third kappa shape index (κ3) is 4.38. The molecule has 0 aliphatic carbocycles. The van der Waals surface area contributed by atoms with Crippen LogP contribution in [0.25, 0.3) is 6.08 Å². The average molecular weight is 282 g/mol. The van der Waals surface area contributed by atoms with Crippen LogP contribution in [0.1, 0.15) is 16.7 Å². The van der Waals surface area contributed by atoms with Gasteiger partial charge in [0.1, 0.15) is 5.75 Å². The van der Waals surface area contributed by atoms with Gasteiger partial charge in [-0.2, -0.15) is 0 Å². The number of nitrogens with one attached hydrogen (secondary N) is 2. The largest absolute Gasteiger partial charge is 0.506 e. The van der Waals surface area contributed by atoms with E-state index in [0.717, 1.165) is 11.1 Å². The summed E-state index contributed by atoms with van der Waals surface area (Å²) in [5.41, 5.74) is 3.53. The number of urea groups is 1. The summed E-state index contributed by atoms with van der Waals surface area (Å²) in [5.74, 6) is 0.0401. The quantitative estimate of drug-likeness (QED) is 0.750. The molecule has 4 nitrogen and oxygen atoms in total. The molecule has 0 radical (unpaired) electrons. The van der Waals surface area contributed by atoms with Gasteiger partial charge in [-0.25, -0.2) is 4.79 Å². The van der Waals surface area contributed by atoms with E-state index in [1.165, 1.54) is 5.56 Å². The zero-order chi connectivity index (χ0) is 15.2. The van der Waals surface area contributed by atoms with Crippen LogP contribution in [0.3, 0.4) is 0 Å². The van der Waals surface area contributed by atoms with E-state index in [2.05, 4.69) is 10.6 Å². The molecule has 0 aromatic heterocycles. The number of anilines is 1. The van der Waals surface area contributed by atoms with Crippen LogP contribution in [0.2, 0.25) is 0 Å². The SMILES string of the molecule is Cc1ccc(/C=C/NC(=O)Nc2cc(C)ccc2O)cc1. The van der Waals surface area contributed by atoms with Gasteiger partial charge in [0.2, 0.25) is 0 Å². The van der Waals surface area contributed by atoms with Crippen LogP contribution >= 0.6 is 0 Å². The highest BCUT2D eigenvalue weighted by molar-refractivity contribution is 5.91. The predicted octanol–water partition coefficient (Wildman–Crippen LogP) is 3.80. The van der Waals surface area contributed by atoms with Crippen molar-refractivity contribution in [3.63, 3.8) is 0 Å². The highest BCUT2D eigenvalue weighted by Gasteiger charge is 2.04. The Labute approximate surface area is 124 Å². The van der Waals surface area contributed by atoms with E-state index in [9.17, 15) is 9.90 Å². The first-order valence-electron chi connectivity index (χ1n) is 6.65. The molecule has 0 saturated carbocycles.